The summed E-state index contributed by atoms with van der Waals surface area (Å²) in [4.78, 5) is 12.7. The number of anilines is 2. The number of nitrogens with zero attached hydrogens (tertiary/aromatic N) is 2. The maximum absolute atomic E-state index is 13.8. The smallest absolute Gasteiger partial charge is 0.410 e. The van der Waals surface area contributed by atoms with Gasteiger partial charge in [0.25, 0.3) is 5.91 Å². The van der Waals surface area contributed by atoms with Crippen LogP contribution in [0.4, 0.5) is 24.7 Å². The van der Waals surface area contributed by atoms with E-state index in [0.717, 1.165) is 0 Å². The molecule has 0 aliphatic carbocycles. The number of carbonyl (C=O) groups excluding carboxylic acids is 1. The molecule has 0 spiro atoms. The van der Waals surface area contributed by atoms with Crippen LogP contribution in [0.25, 0.3) is 0 Å². The maximum atomic E-state index is 13.8. The van der Waals surface area contributed by atoms with Crippen molar-refractivity contribution in [3.05, 3.63) is 64.7 Å². The van der Waals surface area contributed by atoms with Gasteiger partial charge in [0.15, 0.2) is 11.7 Å². The number of nitrogens with one attached hydrogen (secondary N) is 2. The molecule has 3 atom stereocenters. The topological polar surface area (TPSA) is 92.3 Å². The number of hydrogen-bond donors (Lipinski definition) is 3. The number of aromatic nitrogens is 2. The van der Waals surface area contributed by atoms with Gasteiger partial charge in [-0.2, -0.15) is 18.3 Å². The van der Waals surface area contributed by atoms with Crippen LogP contribution in [0.1, 0.15) is 53.3 Å². The molecule has 1 amide bonds. The van der Waals surface area contributed by atoms with Crippen molar-refractivity contribution in [1.29, 1.82) is 0 Å². The minimum atomic E-state index is -4.61. The molecule has 0 bridgehead atoms. The number of aliphatic hydroxyl groups is 1. The lowest BCUT2D eigenvalue weighted by molar-refractivity contribution is -0.174. The SMILES string of the molecule is C[C@H](O)c1cccc(NC(=O)c2nn3c(c2Cl)N[C@H](c2ccco2)C[C@@H]3C(F)(F)F)c1. The fourth-order valence-electron chi connectivity index (χ4n) is 3.48. The predicted molar refractivity (Wildman–Crippen MR) is 107 cm³/mol. The van der Waals surface area contributed by atoms with Crippen LogP contribution in [-0.2, 0) is 0 Å². The minimum absolute atomic E-state index is 0.112. The van der Waals surface area contributed by atoms with E-state index in [9.17, 15) is 23.1 Å². The highest BCUT2D eigenvalue weighted by atomic mass is 35.5. The first kappa shape index (κ1) is 21.3. The summed E-state index contributed by atoms with van der Waals surface area (Å²) >= 11 is 6.28. The van der Waals surface area contributed by atoms with Crippen molar-refractivity contribution in [1.82, 2.24) is 9.78 Å². The zero-order chi connectivity index (χ0) is 22.3. The summed E-state index contributed by atoms with van der Waals surface area (Å²) in [6.07, 6.45) is -4.38. The van der Waals surface area contributed by atoms with Crippen molar-refractivity contribution >= 4 is 29.0 Å². The first-order valence-electron chi connectivity index (χ1n) is 9.39. The predicted octanol–water partition coefficient (Wildman–Crippen LogP) is 5.10. The quantitative estimate of drug-likeness (QED) is 0.510. The third-order valence-electron chi connectivity index (χ3n) is 5.02. The molecular weight excluding hydrogens is 437 g/mol. The van der Waals surface area contributed by atoms with E-state index in [4.69, 9.17) is 16.0 Å². The van der Waals surface area contributed by atoms with Crippen molar-refractivity contribution in [3.63, 3.8) is 0 Å². The second-order valence-corrected chi connectivity index (χ2v) is 7.59. The first-order valence-corrected chi connectivity index (χ1v) is 9.77. The van der Waals surface area contributed by atoms with Crippen LogP contribution in [0.3, 0.4) is 0 Å². The molecule has 0 saturated carbocycles. The Morgan fingerprint density at radius 1 is 1.39 bits per heavy atom. The van der Waals surface area contributed by atoms with E-state index in [2.05, 4.69) is 15.7 Å². The van der Waals surface area contributed by atoms with E-state index < -0.39 is 30.3 Å². The van der Waals surface area contributed by atoms with Gasteiger partial charge in [-0.1, -0.05) is 23.7 Å². The third-order valence-corrected chi connectivity index (χ3v) is 5.38. The lowest BCUT2D eigenvalue weighted by atomic mass is 10.0. The number of aliphatic hydroxyl groups excluding tert-OH is 1. The number of amides is 1. The van der Waals surface area contributed by atoms with Crippen LogP contribution in [-0.4, -0.2) is 27.0 Å². The number of rotatable bonds is 4. The highest BCUT2D eigenvalue weighted by Gasteiger charge is 2.48. The minimum Gasteiger partial charge on any atom is -0.467 e. The van der Waals surface area contributed by atoms with Gasteiger partial charge in [0.1, 0.15) is 16.6 Å². The molecule has 11 heteroatoms. The Morgan fingerprint density at radius 3 is 2.81 bits per heavy atom. The Hall–Kier alpha value is -2.98. The Bertz CT molecular complexity index is 1100. The second-order valence-electron chi connectivity index (χ2n) is 7.22. The lowest BCUT2D eigenvalue weighted by Crippen LogP contribution is -2.35. The molecule has 0 saturated heterocycles. The largest absolute Gasteiger partial charge is 0.467 e. The molecule has 0 fully saturated rings. The van der Waals surface area contributed by atoms with Crippen molar-refractivity contribution in [2.75, 3.05) is 10.6 Å². The van der Waals surface area contributed by atoms with Gasteiger partial charge in [0, 0.05) is 12.1 Å². The van der Waals surface area contributed by atoms with Crippen LogP contribution >= 0.6 is 11.6 Å². The third kappa shape index (κ3) is 4.13. The number of alkyl halides is 3. The molecule has 31 heavy (non-hydrogen) atoms. The second kappa shape index (κ2) is 7.93. The van der Waals surface area contributed by atoms with Gasteiger partial charge in [0.2, 0.25) is 0 Å². The summed E-state index contributed by atoms with van der Waals surface area (Å²) in [5.74, 6) is -0.565. The zero-order valence-corrected chi connectivity index (χ0v) is 16.9. The Morgan fingerprint density at radius 2 is 2.16 bits per heavy atom. The fourth-order valence-corrected chi connectivity index (χ4v) is 3.74. The number of furan rings is 1. The average Bonchev–Trinajstić information content (AvgIpc) is 3.35. The monoisotopic (exact) mass is 454 g/mol. The van der Waals surface area contributed by atoms with E-state index in [0.29, 0.717) is 21.7 Å². The Labute approximate surface area is 179 Å². The summed E-state index contributed by atoms with van der Waals surface area (Å²) in [5, 5.41) is 18.8. The molecule has 3 heterocycles. The van der Waals surface area contributed by atoms with Gasteiger partial charge < -0.3 is 20.2 Å². The number of hydrogen-bond acceptors (Lipinski definition) is 5. The van der Waals surface area contributed by atoms with E-state index in [-0.39, 0.29) is 23.0 Å². The maximum Gasteiger partial charge on any atom is 0.410 e. The number of carbonyl (C=O) groups is 1. The normalized spacial score (nSPS) is 19.4. The standard InChI is InChI=1S/C20H18ClF3N4O3/c1-10(29)11-4-2-5-12(8-11)25-19(30)17-16(21)18-26-13(14-6-3-7-31-14)9-15(20(22,23)24)28(18)27-17/h2-8,10,13,15,26,29H,9H2,1H3,(H,25,30)/t10-,13-,15+/m0/s1. The molecule has 3 N–H and O–H groups in total. The summed E-state index contributed by atoms with van der Waals surface area (Å²) in [6.45, 7) is 1.57. The number of halogens is 4. The zero-order valence-electron chi connectivity index (χ0n) is 16.2. The molecule has 164 valence electrons. The van der Waals surface area contributed by atoms with Crippen LogP contribution in [0.15, 0.2) is 47.1 Å². The number of fused-ring (bicyclic) bond motifs is 1. The fraction of sp³-hybridized carbons (Fsp3) is 0.300. The van der Waals surface area contributed by atoms with Crippen LogP contribution < -0.4 is 10.6 Å². The first-order chi connectivity index (χ1) is 14.6. The summed E-state index contributed by atoms with van der Waals surface area (Å²) in [6, 6.07) is 6.80. The van der Waals surface area contributed by atoms with Crippen LogP contribution in [0, 0.1) is 0 Å². The molecule has 1 aliphatic rings. The molecule has 0 radical (unpaired) electrons. The van der Waals surface area contributed by atoms with Gasteiger partial charge in [-0.05, 0) is 36.8 Å². The molecule has 1 aliphatic heterocycles. The van der Waals surface area contributed by atoms with Crippen molar-refractivity contribution in [2.45, 2.75) is 37.7 Å². The molecule has 2 aromatic heterocycles. The highest BCUT2D eigenvalue weighted by molar-refractivity contribution is 6.36. The van der Waals surface area contributed by atoms with Gasteiger partial charge in [-0.3, -0.25) is 4.79 Å². The molecule has 1 aromatic carbocycles. The van der Waals surface area contributed by atoms with E-state index in [1.165, 1.54) is 6.26 Å². The van der Waals surface area contributed by atoms with Crippen molar-refractivity contribution < 1.29 is 27.5 Å². The number of benzene rings is 1. The average molecular weight is 455 g/mol. The Kier molecular flexibility index (Phi) is 5.44. The van der Waals surface area contributed by atoms with E-state index in [1.54, 1.807) is 43.3 Å². The summed E-state index contributed by atoms with van der Waals surface area (Å²) in [5.41, 5.74) is 0.563. The summed E-state index contributed by atoms with van der Waals surface area (Å²) in [7, 11) is 0. The molecule has 4 rings (SSSR count). The molecular formula is C20H18ClF3N4O3. The van der Waals surface area contributed by atoms with Crippen molar-refractivity contribution in [2.24, 2.45) is 0 Å². The van der Waals surface area contributed by atoms with E-state index in [1.807, 2.05) is 0 Å². The van der Waals surface area contributed by atoms with Gasteiger partial charge in [0.05, 0.1) is 18.4 Å². The Balaban J connectivity index is 1.67. The summed E-state index contributed by atoms with van der Waals surface area (Å²) < 4.78 is 47.2. The van der Waals surface area contributed by atoms with Crippen LogP contribution in [0.5, 0.6) is 0 Å². The molecule has 3 aromatic rings. The van der Waals surface area contributed by atoms with E-state index >= 15 is 0 Å². The van der Waals surface area contributed by atoms with Gasteiger partial charge in [-0.25, -0.2) is 4.68 Å². The van der Waals surface area contributed by atoms with Gasteiger partial charge in [-0.15, -0.1) is 0 Å². The molecule has 7 nitrogen and oxygen atoms in total. The molecule has 0 unspecified atom stereocenters. The lowest BCUT2D eigenvalue weighted by Gasteiger charge is -2.32. The van der Waals surface area contributed by atoms with Gasteiger partial charge >= 0.3 is 6.18 Å². The van der Waals surface area contributed by atoms with Crippen LogP contribution in [0.2, 0.25) is 5.02 Å². The van der Waals surface area contributed by atoms with Crippen molar-refractivity contribution in [3.8, 4) is 0 Å². The highest BCUT2D eigenvalue weighted by Crippen LogP contribution is 2.46.